The summed E-state index contributed by atoms with van der Waals surface area (Å²) in [5.41, 5.74) is 4.49. The second-order valence-corrected chi connectivity index (χ2v) is 5.77. The van der Waals surface area contributed by atoms with Crippen molar-refractivity contribution in [3.05, 3.63) is 64.7 Å². The van der Waals surface area contributed by atoms with Gasteiger partial charge < -0.3 is 4.74 Å². The molecule has 0 aliphatic heterocycles. The fourth-order valence-corrected chi connectivity index (χ4v) is 2.67. The normalized spacial score (nSPS) is 13.3. The number of aryl methyl sites for hydroxylation is 4. The van der Waals surface area contributed by atoms with Crippen LogP contribution in [0.3, 0.4) is 0 Å². The summed E-state index contributed by atoms with van der Waals surface area (Å²) >= 11 is 5.18. The number of esters is 1. The van der Waals surface area contributed by atoms with Crippen molar-refractivity contribution >= 4 is 22.8 Å². The maximum atomic E-state index is 11.5. The maximum Gasteiger partial charge on any atom is 0.396 e. The summed E-state index contributed by atoms with van der Waals surface area (Å²) in [7, 11) is 0. The number of carbonyl (C=O) groups is 2. The van der Waals surface area contributed by atoms with Gasteiger partial charge in [0.05, 0.1) is 0 Å². The van der Waals surface area contributed by atoms with Crippen LogP contribution in [-0.4, -0.2) is 11.2 Å². The Labute approximate surface area is 133 Å². The molecule has 0 atom stereocenters. The van der Waals surface area contributed by atoms with Crippen LogP contribution in [-0.2, 0) is 35.3 Å². The molecule has 4 aliphatic rings. The van der Waals surface area contributed by atoms with E-state index in [1.54, 1.807) is 0 Å². The van der Waals surface area contributed by atoms with Crippen LogP contribution in [0.5, 0.6) is 5.75 Å². The van der Waals surface area contributed by atoms with Gasteiger partial charge in [-0.15, -0.1) is 0 Å². The van der Waals surface area contributed by atoms with Crippen LogP contribution in [0.25, 0.3) is 0 Å². The van der Waals surface area contributed by atoms with Gasteiger partial charge in [-0.2, -0.15) is 0 Å². The maximum absolute atomic E-state index is 11.5. The Balaban J connectivity index is 1.93. The van der Waals surface area contributed by atoms with Crippen molar-refractivity contribution in [2.45, 2.75) is 25.7 Å². The Morgan fingerprint density at radius 2 is 1.36 bits per heavy atom. The minimum absolute atomic E-state index is 0.437. The van der Waals surface area contributed by atoms with Crippen molar-refractivity contribution in [1.29, 1.82) is 0 Å². The van der Waals surface area contributed by atoms with Crippen LogP contribution >= 0.6 is 11.6 Å². The highest BCUT2D eigenvalue weighted by Gasteiger charge is 2.16. The van der Waals surface area contributed by atoms with E-state index in [-0.39, 0.29) is 0 Å². The number of benzene rings is 2. The molecule has 4 bridgehead atoms. The van der Waals surface area contributed by atoms with E-state index in [0.29, 0.717) is 5.75 Å². The van der Waals surface area contributed by atoms with Crippen LogP contribution in [0.15, 0.2) is 42.5 Å². The molecule has 0 saturated carbocycles. The molecule has 0 saturated heterocycles. The van der Waals surface area contributed by atoms with E-state index >= 15 is 0 Å². The summed E-state index contributed by atoms with van der Waals surface area (Å²) < 4.78 is 5.15. The van der Waals surface area contributed by atoms with E-state index < -0.39 is 11.2 Å². The molecule has 22 heavy (non-hydrogen) atoms. The van der Waals surface area contributed by atoms with Crippen molar-refractivity contribution in [2.24, 2.45) is 0 Å². The lowest BCUT2D eigenvalue weighted by Gasteiger charge is -2.13. The third-order valence-electron chi connectivity index (χ3n) is 3.90. The van der Waals surface area contributed by atoms with Gasteiger partial charge in [-0.05, 0) is 65.6 Å². The number of hydrogen-bond donors (Lipinski definition) is 0. The Morgan fingerprint density at radius 1 is 0.818 bits per heavy atom. The number of hydrogen-bond acceptors (Lipinski definition) is 3. The van der Waals surface area contributed by atoms with E-state index in [1.807, 2.05) is 18.2 Å². The average Bonchev–Trinajstić information content (AvgIpc) is 2.50. The van der Waals surface area contributed by atoms with E-state index in [1.165, 1.54) is 11.1 Å². The molecule has 6 rings (SSSR count). The van der Waals surface area contributed by atoms with Gasteiger partial charge in [0.2, 0.25) is 0 Å². The third kappa shape index (κ3) is 3.37. The van der Waals surface area contributed by atoms with E-state index in [0.717, 1.165) is 36.8 Å². The number of halogens is 1. The topological polar surface area (TPSA) is 43.4 Å². The molecule has 0 aromatic heterocycles. The second-order valence-electron chi connectivity index (χ2n) is 5.42. The SMILES string of the molecule is O=C(Cl)C(=O)Oc1cc2ccc1CCc1ccc(cc1)CC2. The molecule has 0 radical (unpaired) electrons. The fraction of sp³-hybridized carbons (Fsp3) is 0.222. The Hall–Kier alpha value is -2.13. The first-order chi connectivity index (χ1) is 10.6. The zero-order valence-electron chi connectivity index (χ0n) is 12.0. The standard InChI is InChI=1S/C18H15ClO3/c19-17(20)18(21)22-16-11-14-6-5-12-1-3-13(4-2-12)7-9-15(16)10-8-14/h1-4,8,10-11H,5-7,9H2. The third-order valence-corrected chi connectivity index (χ3v) is 4.06. The number of rotatable bonds is 2. The molecule has 2 aromatic carbocycles. The summed E-state index contributed by atoms with van der Waals surface area (Å²) in [6.45, 7) is 0. The second kappa shape index (κ2) is 6.32. The number of carbonyl (C=O) groups excluding carboxylic acids is 2. The molecular formula is C18H15ClO3. The highest BCUT2D eigenvalue weighted by molar-refractivity contribution is 6.80. The number of ether oxygens (including phenoxy) is 1. The van der Waals surface area contributed by atoms with Crippen LogP contribution < -0.4 is 4.74 Å². The highest BCUT2D eigenvalue weighted by Crippen LogP contribution is 2.25. The molecular weight excluding hydrogens is 300 g/mol. The molecule has 4 aliphatic carbocycles. The first kappa shape index (κ1) is 14.8. The quantitative estimate of drug-likeness (QED) is 0.370. The van der Waals surface area contributed by atoms with Gasteiger partial charge >= 0.3 is 11.2 Å². The summed E-state index contributed by atoms with van der Waals surface area (Å²) in [5, 5.41) is -1.10. The van der Waals surface area contributed by atoms with Crippen LogP contribution in [0.4, 0.5) is 0 Å². The molecule has 0 spiro atoms. The molecule has 2 aromatic rings. The average molecular weight is 315 g/mol. The minimum atomic E-state index is -1.10. The lowest BCUT2D eigenvalue weighted by atomic mass is 9.96. The van der Waals surface area contributed by atoms with Crippen molar-refractivity contribution in [3.63, 3.8) is 0 Å². The van der Waals surface area contributed by atoms with Crippen molar-refractivity contribution < 1.29 is 14.3 Å². The largest absolute Gasteiger partial charge is 0.420 e. The predicted molar refractivity (Wildman–Crippen MR) is 84.2 cm³/mol. The summed E-state index contributed by atoms with van der Waals surface area (Å²) in [4.78, 5) is 22.4. The lowest BCUT2D eigenvalue weighted by Crippen LogP contribution is -2.16. The Kier molecular flexibility index (Phi) is 4.25. The first-order valence-electron chi connectivity index (χ1n) is 7.23. The molecule has 0 amide bonds. The van der Waals surface area contributed by atoms with Gasteiger partial charge in [-0.25, -0.2) is 4.79 Å². The molecule has 0 unspecified atom stereocenters. The molecule has 0 heterocycles. The molecule has 112 valence electrons. The van der Waals surface area contributed by atoms with Gasteiger partial charge in [-0.3, -0.25) is 4.79 Å². The summed E-state index contributed by atoms with van der Waals surface area (Å²) in [5.74, 6) is -0.595. The van der Waals surface area contributed by atoms with Gasteiger partial charge in [0.25, 0.3) is 0 Å². The summed E-state index contributed by atoms with van der Waals surface area (Å²) in [6, 6.07) is 14.4. The van der Waals surface area contributed by atoms with Crippen molar-refractivity contribution in [3.8, 4) is 5.75 Å². The summed E-state index contributed by atoms with van der Waals surface area (Å²) in [6.07, 6.45) is 3.35. The van der Waals surface area contributed by atoms with E-state index in [2.05, 4.69) is 24.3 Å². The van der Waals surface area contributed by atoms with Gasteiger partial charge in [0.1, 0.15) is 5.75 Å². The van der Waals surface area contributed by atoms with Gasteiger partial charge in [0, 0.05) is 0 Å². The zero-order chi connectivity index (χ0) is 15.5. The van der Waals surface area contributed by atoms with Gasteiger partial charge in [0.15, 0.2) is 0 Å². The smallest absolute Gasteiger partial charge is 0.396 e. The molecule has 0 fully saturated rings. The lowest BCUT2D eigenvalue weighted by molar-refractivity contribution is -0.143. The Morgan fingerprint density at radius 3 is 2.00 bits per heavy atom. The van der Waals surface area contributed by atoms with E-state index in [4.69, 9.17) is 16.3 Å². The molecule has 3 nitrogen and oxygen atoms in total. The van der Waals surface area contributed by atoms with Gasteiger partial charge in [-0.1, -0.05) is 36.4 Å². The monoisotopic (exact) mass is 314 g/mol. The van der Waals surface area contributed by atoms with Crippen molar-refractivity contribution in [1.82, 2.24) is 0 Å². The predicted octanol–water partition coefficient (Wildman–Crippen LogP) is 3.24. The van der Waals surface area contributed by atoms with Crippen molar-refractivity contribution in [2.75, 3.05) is 0 Å². The van der Waals surface area contributed by atoms with Crippen LogP contribution in [0.1, 0.15) is 22.3 Å². The first-order valence-corrected chi connectivity index (χ1v) is 7.61. The highest BCUT2D eigenvalue weighted by atomic mass is 35.5. The Bertz CT molecular complexity index is 720. The fourth-order valence-electron chi connectivity index (χ4n) is 2.64. The molecule has 4 heteroatoms. The van der Waals surface area contributed by atoms with E-state index in [9.17, 15) is 9.59 Å². The zero-order valence-corrected chi connectivity index (χ0v) is 12.7. The van der Waals surface area contributed by atoms with Crippen LogP contribution in [0.2, 0.25) is 0 Å². The minimum Gasteiger partial charge on any atom is -0.420 e. The molecule has 0 N–H and O–H groups in total. The van der Waals surface area contributed by atoms with Crippen LogP contribution in [0, 0.1) is 0 Å².